The van der Waals surface area contributed by atoms with Gasteiger partial charge in [-0.15, -0.1) is 0 Å². The third kappa shape index (κ3) is 7.98. The first-order valence-electron chi connectivity index (χ1n) is 10.7. The number of anilines is 2. The molecule has 0 atom stereocenters. The maximum Gasteiger partial charge on any atom is 0.229 e. The molecule has 0 unspecified atom stereocenters. The molecule has 0 amide bonds. The Hall–Kier alpha value is -2.33. The number of aryl methyl sites for hydroxylation is 3. The number of hydrogen-bond acceptors (Lipinski definition) is 6. The minimum atomic E-state index is 0.375. The molecular weight excluding hydrogens is 446 g/mol. The van der Waals surface area contributed by atoms with Crippen LogP contribution in [0.5, 0.6) is 0 Å². The van der Waals surface area contributed by atoms with Gasteiger partial charge in [-0.2, -0.15) is 0 Å². The number of aromatic nitrogens is 2. The van der Waals surface area contributed by atoms with E-state index in [2.05, 4.69) is 35.8 Å². The quantitative estimate of drug-likeness (QED) is 0.253. The summed E-state index contributed by atoms with van der Waals surface area (Å²) in [4.78, 5) is 15.9. The van der Waals surface area contributed by atoms with Crippen molar-refractivity contribution >= 4 is 46.5 Å². The van der Waals surface area contributed by atoms with E-state index in [-0.39, 0.29) is 0 Å². The second-order valence-electron chi connectivity index (χ2n) is 7.70. The van der Waals surface area contributed by atoms with Crippen LogP contribution in [0.3, 0.4) is 0 Å². The molecule has 1 aliphatic heterocycles. The van der Waals surface area contributed by atoms with E-state index in [1.807, 2.05) is 45.0 Å². The van der Waals surface area contributed by atoms with Crippen molar-refractivity contribution in [2.75, 3.05) is 50.0 Å². The minimum absolute atomic E-state index is 0.375. The zero-order valence-corrected chi connectivity index (χ0v) is 20.3. The third-order valence-electron chi connectivity index (χ3n) is 4.82. The lowest BCUT2D eigenvalue weighted by Gasteiger charge is -2.26. The van der Waals surface area contributed by atoms with E-state index in [0.29, 0.717) is 28.6 Å². The predicted molar refractivity (Wildman–Crippen MR) is 135 cm³/mol. The molecule has 2 heterocycles. The zero-order valence-electron chi connectivity index (χ0n) is 18.7. The highest BCUT2D eigenvalue weighted by Gasteiger charge is 2.11. The fourth-order valence-corrected chi connectivity index (χ4v) is 3.78. The van der Waals surface area contributed by atoms with Crippen molar-refractivity contribution in [2.24, 2.45) is 4.99 Å². The second-order valence-corrected chi connectivity index (χ2v) is 8.52. The number of nitrogens with one attached hydrogen (secondary N) is 3. The van der Waals surface area contributed by atoms with Gasteiger partial charge in [-0.3, -0.25) is 15.2 Å². The Morgan fingerprint density at radius 1 is 1.12 bits per heavy atom. The van der Waals surface area contributed by atoms with E-state index < -0.39 is 0 Å². The molecule has 0 spiro atoms. The van der Waals surface area contributed by atoms with E-state index >= 15 is 0 Å². The molecule has 172 valence electrons. The molecule has 3 N–H and O–H groups in total. The lowest BCUT2D eigenvalue weighted by molar-refractivity contribution is 0.0377. The number of morpholine rings is 1. The molecular formula is C22H30ClN7OS. The van der Waals surface area contributed by atoms with E-state index in [0.717, 1.165) is 61.9 Å². The predicted octanol–water partition coefficient (Wildman–Crippen LogP) is 3.53. The molecule has 32 heavy (non-hydrogen) atoms. The molecule has 2 aromatic rings. The van der Waals surface area contributed by atoms with E-state index in [9.17, 15) is 0 Å². The number of hydrogen-bond donors (Lipinski definition) is 3. The van der Waals surface area contributed by atoms with Crippen LogP contribution < -0.4 is 16.0 Å². The highest BCUT2D eigenvalue weighted by molar-refractivity contribution is 7.80. The number of guanidine groups is 1. The SMILES string of the molecule is Cc1ccc(NC(=S)NC(=NCCCN2CCOCC2)Nc2nc(C)cc(C)n2)c(Cl)c1. The summed E-state index contributed by atoms with van der Waals surface area (Å²) in [5.74, 6) is 0.954. The van der Waals surface area contributed by atoms with Crippen LogP contribution in [0.2, 0.25) is 5.02 Å². The van der Waals surface area contributed by atoms with Crippen molar-refractivity contribution < 1.29 is 4.74 Å². The number of ether oxygens (including phenoxy) is 1. The van der Waals surface area contributed by atoms with Gasteiger partial charge in [-0.05, 0) is 63.2 Å². The Labute approximate surface area is 199 Å². The number of aliphatic imine (C=N–C) groups is 1. The van der Waals surface area contributed by atoms with Crippen LogP contribution in [0.1, 0.15) is 23.4 Å². The lowest BCUT2D eigenvalue weighted by atomic mass is 10.2. The maximum atomic E-state index is 6.32. The number of nitrogens with zero attached hydrogens (tertiary/aromatic N) is 4. The van der Waals surface area contributed by atoms with Gasteiger partial charge in [0.25, 0.3) is 0 Å². The first-order chi connectivity index (χ1) is 15.4. The number of halogens is 1. The van der Waals surface area contributed by atoms with Gasteiger partial charge in [0, 0.05) is 37.6 Å². The Kier molecular flexibility index (Phi) is 9.16. The summed E-state index contributed by atoms with van der Waals surface area (Å²) in [6.45, 7) is 11.0. The molecule has 0 radical (unpaired) electrons. The minimum Gasteiger partial charge on any atom is -0.379 e. The largest absolute Gasteiger partial charge is 0.379 e. The van der Waals surface area contributed by atoms with Crippen molar-refractivity contribution in [3.63, 3.8) is 0 Å². The highest BCUT2D eigenvalue weighted by atomic mass is 35.5. The molecule has 1 saturated heterocycles. The molecule has 3 rings (SSSR count). The zero-order chi connectivity index (χ0) is 22.9. The van der Waals surface area contributed by atoms with Crippen molar-refractivity contribution in [3.05, 3.63) is 46.2 Å². The first kappa shape index (κ1) is 24.3. The van der Waals surface area contributed by atoms with Crippen molar-refractivity contribution in [3.8, 4) is 0 Å². The number of thiocarbonyl (C=S) groups is 1. The van der Waals surface area contributed by atoms with Crippen molar-refractivity contribution in [2.45, 2.75) is 27.2 Å². The summed E-state index contributed by atoms with van der Waals surface area (Å²) >= 11 is 11.8. The molecule has 0 aliphatic carbocycles. The number of rotatable bonds is 6. The Bertz CT molecular complexity index is 943. The molecule has 1 fully saturated rings. The smallest absolute Gasteiger partial charge is 0.229 e. The number of benzene rings is 1. The van der Waals surface area contributed by atoms with Gasteiger partial charge in [-0.25, -0.2) is 9.97 Å². The van der Waals surface area contributed by atoms with E-state index in [1.165, 1.54) is 0 Å². The van der Waals surface area contributed by atoms with Gasteiger partial charge < -0.3 is 15.4 Å². The van der Waals surface area contributed by atoms with Crippen molar-refractivity contribution in [1.29, 1.82) is 0 Å². The summed E-state index contributed by atoms with van der Waals surface area (Å²) in [5.41, 5.74) is 3.55. The summed E-state index contributed by atoms with van der Waals surface area (Å²) in [6.07, 6.45) is 0.921. The average molecular weight is 476 g/mol. The molecule has 1 aliphatic rings. The highest BCUT2D eigenvalue weighted by Crippen LogP contribution is 2.22. The van der Waals surface area contributed by atoms with Crippen molar-refractivity contribution in [1.82, 2.24) is 20.2 Å². The second kappa shape index (κ2) is 12.1. The van der Waals surface area contributed by atoms with Gasteiger partial charge in [0.05, 0.1) is 23.9 Å². The van der Waals surface area contributed by atoms with Crippen LogP contribution in [-0.4, -0.2) is 65.3 Å². The van der Waals surface area contributed by atoms with Crippen LogP contribution in [0.4, 0.5) is 11.6 Å². The normalized spacial score (nSPS) is 14.8. The van der Waals surface area contributed by atoms with Gasteiger partial charge in [0.2, 0.25) is 11.9 Å². The molecule has 10 heteroatoms. The van der Waals surface area contributed by atoms with Crippen LogP contribution in [0, 0.1) is 20.8 Å². The molecule has 0 saturated carbocycles. The monoisotopic (exact) mass is 475 g/mol. The van der Waals surface area contributed by atoms with E-state index in [1.54, 1.807) is 0 Å². The van der Waals surface area contributed by atoms with Gasteiger partial charge >= 0.3 is 0 Å². The Balaban J connectivity index is 1.64. The fourth-order valence-electron chi connectivity index (χ4n) is 3.29. The van der Waals surface area contributed by atoms with E-state index in [4.69, 9.17) is 28.6 Å². The molecule has 0 bridgehead atoms. The topological polar surface area (TPSA) is 86.7 Å². The molecule has 8 nitrogen and oxygen atoms in total. The van der Waals surface area contributed by atoms with Crippen LogP contribution in [0.15, 0.2) is 29.3 Å². The first-order valence-corrected chi connectivity index (χ1v) is 11.5. The Morgan fingerprint density at radius 2 is 1.84 bits per heavy atom. The fraction of sp³-hybridized carbons (Fsp3) is 0.455. The lowest BCUT2D eigenvalue weighted by Crippen LogP contribution is -2.39. The van der Waals surface area contributed by atoms with Gasteiger partial charge in [0.15, 0.2) is 5.11 Å². The maximum absolute atomic E-state index is 6.32. The summed E-state index contributed by atoms with van der Waals surface area (Å²) in [6, 6.07) is 7.67. The molecule has 1 aromatic carbocycles. The average Bonchev–Trinajstić information content (AvgIpc) is 2.73. The van der Waals surface area contributed by atoms with Crippen LogP contribution in [0.25, 0.3) is 0 Å². The van der Waals surface area contributed by atoms with Crippen LogP contribution in [-0.2, 0) is 4.74 Å². The third-order valence-corrected chi connectivity index (χ3v) is 5.34. The van der Waals surface area contributed by atoms with Crippen LogP contribution >= 0.6 is 23.8 Å². The summed E-state index contributed by atoms with van der Waals surface area (Å²) in [7, 11) is 0. The van der Waals surface area contributed by atoms with Gasteiger partial charge in [-0.1, -0.05) is 17.7 Å². The summed E-state index contributed by atoms with van der Waals surface area (Å²) < 4.78 is 5.40. The van der Waals surface area contributed by atoms with Gasteiger partial charge in [0.1, 0.15) is 0 Å². The molecule has 1 aromatic heterocycles. The Morgan fingerprint density at radius 3 is 2.53 bits per heavy atom. The summed E-state index contributed by atoms with van der Waals surface area (Å²) in [5, 5.41) is 10.4. The standard InChI is InChI=1S/C22H30ClN7OS/c1-15-5-6-19(18(23)13-15)27-22(32)29-20(28-21-25-16(2)14-17(3)26-21)24-7-4-8-30-9-11-31-12-10-30/h5-6,13-14H,4,7-12H2,1-3H3,(H3,24,25,26,27,28,29,32).